The van der Waals surface area contributed by atoms with Crippen LogP contribution in [0.4, 0.5) is 0 Å². The van der Waals surface area contributed by atoms with Crippen LogP contribution in [0.2, 0.25) is 18.1 Å². The van der Waals surface area contributed by atoms with E-state index in [1.807, 2.05) is 13.1 Å². The Morgan fingerprint density at radius 1 is 0.727 bits per heavy atom. The zero-order valence-corrected chi connectivity index (χ0v) is 23.1. The fourth-order valence-electron chi connectivity index (χ4n) is 3.46. The van der Waals surface area contributed by atoms with E-state index in [0.29, 0.717) is 17.7 Å². The lowest BCUT2D eigenvalue weighted by Gasteiger charge is -2.35. The molecule has 0 aliphatic heterocycles. The van der Waals surface area contributed by atoms with Crippen LogP contribution in [0.1, 0.15) is 125 Å². The Balaban J connectivity index is 2.32. The summed E-state index contributed by atoms with van der Waals surface area (Å²) in [6.07, 6.45) is 15.2. The lowest BCUT2D eigenvalue weighted by molar-refractivity contribution is 0.0488. The third-order valence-corrected chi connectivity index (χ3v) is 11.1. The summed E-state index contributed by atoms with van der Waals surface area (Å²) in [5.41, 5.74) is 0.585. The third kappa shape index (κ3) is 11.4. The van der Waals surface area contributed by atoms with Crippen LogP contribution in [-0.4, -0.2) is 26.9 Å². The van der Waals surface area contributed by atoms with Crippen LogP contribution in [0.5, 0.6) is 0 Å². The van der Waals surface area contributed by atoms with Crippen molar-refractivity contribution in [1.29, 1.82) is 0 Å². The molecule has 33 heavy (non-hydrogen) atoms. The number of carbonyl (C=O) groups is 2. The fourth-order valence-corrected chi connectivity index (χ4v) is 4.34. The zero-order valence-electron chi connectivity index (χ0n) is 22.1. The van der Waals surface area contributed by atoms with Gasteiger partial charge in [-0.3, -0.25) is 0 Å². The standard InChI is InChI=1S/C28H48O4Si/c1-7-8-9-10-11-12-13-14-15-16-17-20-23-31-26(29)24-21-18-19-22-25(24)27(30)32-33(5,6)28(2,3)4/h18-19,21-22H,7-17,20,23H2,1-6H3. The predicted molar refractivity (Wildman–Crippen MR) is 140 cm³/mol. The molecule has 0 spiro atoms. The second kappa shape index (κ2) is 15.3. The van der Waals surface area contributed by atoms with Crippen LogP contribution < -0.4 is 0 Å². The largest absolute Gasteiger partial charge is 0.516 e. The van der Waals surface area contributed by atoms with E-state index < -0.39 is 20.3 Å². The summed E-state index contributed by atoms with van der Waals surface area (Å²) >= 11 is 0. The quantitative estimate of drug-likeness (QED) is 0.136. The van der Waals surface area contributed by atoms with Gasteiger partial charge in [0.1, 0.15) is 0 Å². The van der Waals surface area contributed by atoms with Crippen LogP contribution in [-0.2, 0) is 9.16 Å². The van der Waals surface area contributed by atoms with Crippen LogP contribution in [0.15, 0.2) is 24.3 Å². The molecule has 0 heterocycles. The molecule has 0 fully saturated rings. The van der Waals surface area contributed by atoms with Crippen LogP contribution >= 0.6 is 0 Å². The summed E-state index contributed by atoms with van der Waals surface area (Å²) in [7, 11) is -2.27. The monoisotopic (exact) mass is 476 g/mol. The SMILES string of the molecule is CCCCCCCCCCCCCCOC(=O)c1ccccc1C(=O)O[Si](C)(C)C(C)(C)C. The maximum Gasteiger partial charge on any atom is 0.339 e. The van der Waals surface area contributed by atoms with E-state index in [2.05, 4.69) is 27.7 Å². The third-order valence-electron chi connectivity index (χ3n) is 6.75. The summed E-state index contributed by atoms with van der Waals surface area (Å²) in [5, 5.41) is -0.0905. The Morgan fingerprint density at radius 3 is 1.61 bits per heavy atom. The number of benzene rings is 1. The molecular weight excluding hydrogens is 428 g/mol. The number of esters is 1. The second-order valence-electron chi connectivity index (χ2n) is 10.7. The van der Waals surface area contributed by atoms with Gasteiger partial charge in [-0.15, -0.1) is 0 Å². The lowest BCUT2D eigenvalue weighted by atomic mass is 10.1. The van der Waals surface area contributed by atoms with Crippen LogP contribution in [0.3, 0.4) is 0 Å². The van der Waals surface area contributed by atoms with Gasteiger partial charge < -0.3 is 9.16 Å². The first kappa shape index (κ1) is 29.4. The maximum absolute atomic E-state index is 12.8. The van der Waals surface area contributed by atoms with Crippen molar-refractivity contribution in [3.8, 4) is 0 Å². The molecule has 0 N–H and O–H groups in total. The van der Waals surface area contributed by atoms with Crippen LogP contribution in [0.25, 0.3) is 0 Å². The van der Waals surface area contributed by atoms with Crippen molar-refractivity contribution < 1.29 is 18.8 Å². The molecule has 1 rings (SSSR count). The summed E-state index contributed by atoms with van der Waals surface area (Å²) in [4.78, 5) is 25.4. The van der Waals surface area contributed by atoms with Crippen LogP contribution in [0, 0.1) is 0 Å². The first-order chi connectivity index (χ1) is 15.6. The molecule has 0 saturated heterocycles. The van der Waals surface area contributed by atoms with E-state index in [0.717, 1.165) is 12.8 Å². The van der Waals surface area contributed by atoms with Crippen molar-refractivity contribution in [1.82, 2.24) is 0 Å². The smallest absolute Gasteiger partial charge is 0.339 e. The Labute approximate surface area is 204 Å². The highest BCUT2D eigenvalue weighted by Gasteiger charge is 2.41. The first-order valence-electron chi connectivity index (χ1n) is 13.1. The number of hydrogen-bond donors (Lipinski definition) is 0. The molecular formula is C28H48O4Si. The molecule has 0 bridgehead atoms. The molecule has 188 valence electrons. The van der Waals surface area contributed by atoms with Gasteiger partial charge in [-0.2, -0.15) is 0 Å². The Morgan fingerprint density at radius 2 is 1.15 bits per heavy atom. The molecule has 0 atom stereocenters. The highest BCUT2D eigenvalue weighted by molar-refractivity contribution is 6.75. The van der Waals surface area contributed by atoms with Gasteiger partial charge in [-0.05, 0) is 36.7 Å². The molecule has 0 aromatic heterocycles. The van der Waals surface area contributed by atoms with Crippen molar-refractivity contribution in [2.75, 3.05) is 6.61 Å². The topological polar surface area (TPSA) is 52.6 Å². The van der Waals surface area contributed by atoms with Gasteiger partial charge in [0.15, 0.2) is 0 Å². The van der Waals surface area contributed by atoms with E-state index in [9.17, 15) is 9.59 Å². The normalized spacial score (nSPS) is 11.9. The average molecular weight is 477 g/mol. The Bertz CT molecular complexity index is 706. The molecule has 4 nitrogen and oxygen atoms in total. The van der Waals surface area contributed by atoms with Gasteiger partial charge in [0.25, 0.3) is 8.32 Å². The minimum atomic E-state index is -2.27. The van der Waals surface area contributed by atoms with E-state index in [1.165, 1.54) is 64.2 Å². The molecule has 0 unspecified atom stereocenters. The van der Waals surface area contributed by atoms with E-state index in [-0.39, 0.29) is 5.04 Å². The molecule has 0 aliphatic carbocycles. The number of rotatable bonds is 16. The zero-order chi connectivity index (χ0) is 24.7. The fraction of sp³-hybridized carbons (Fsp3) is 0.714. The Kier molecular flexibility index (Phi) is 13.6. The Hall–Kier alpha value is -1.62. The van der Waals surface area contributed by atoms with Gasteiger partial charge >= 0.3 is 11.9 Å². The maximum atomic E-state index is 12.8. The van der Waals surface area contributed by atoms with Crippen molar-refractivity contribution in [3.63, 3.8) is 0 Å². The number of hydrogen-bond acceptors (Lipinski definition) is 4. The highest BCUT2D eigenvalue weighted by atomic mass is 28.4. The molecule has 1 aromatic rings. The molecule has 0 saturated carbocycles. The minimum absolute atomic E-state index is 0.0905. The van der Waals surface area contributed by atoms with Gasteiger partial charge in [0, 0.05) is 0 Å². The molecule has 5 heteroatoms. The summed E-state index contributed by atoms with van der Waals surface area (Å²) in [6, 6.07) is 6.80. The average Bonchev–Trinajstić information content (AvgIpc) is 2.75. The molecule has 0 radical (unpaired) electrons. The van der Waals surface area contributed by atoms with Gasteiger partial charge in [0.2, 0.25) is 0 Å². The lowest BCUT2D eigenvalue weighted by Crippen LogP contribution is -2.42. The van der Waals surface area contributed by atoms with Gasteiger partial charge in [0.05, 0.1) is 17.7 Å². The van der Waals surface area contributed by atoms with Crippen molar-refractivity contribution in [2.45, 2.75) is 123 Å². The molecule has 1 aromatic carbocycles. The van der Waals surface area contributed by atoms with E-state index in [4.69, 9.17) is 9.16 Å². The molecule has 0 aliphatic rings. The van der Waals surface area contributed by atoms with E-state index in [1.54, 1.807) is 24.3 Å². The highest BCUT2D eigenvalue weighted by Crippen LogP contribution is 2.37. The van der Waals surface area contributed by atoms with Crippen molar-refractivity contribution in [3.05, 3.63) is 35.4 Å². The summed E-state index contributed by atoms with van der Waals surface area (Å²) in [5.74, 6) is -0.875. The predicted octanol–water partition coefficient (Wildman–Crippen LogP) is 8.71. The minimum Gasteiger partial charge on any atom is -0.516 e. The number of ether oxygens (including phenoxy) is 1. The second-order valence-corrected chi connectivity index (χ2v) is 15.4. The van der Waals surface area contributed by atoms with Crippen molar-refractivity contribution in [2.24, 2.45) is 0 Å². The number of carbonyl (C=O) groups excluding carboxylic acids is 2. The first-order valence-corrected chi connectivity index (χ1v) is 16.0. The molecule has 0 amide bonds. The van der Waals surface area contributed by atoms with E-state index >= 15 is 0 Å². The van der Waals surface area contributed by atoms with Crippen molar-refractivity contribution >= 4 is 20.3 Å². The number of unbranched alkanes of at least 4 members (excludes halogenated alkanes) is 11. The summed E-state index contributed by atoms with van der Waals surface area (Å²) in [6.45, 7) is 13.0. The summed E-state index contributed by atoms with van der Waals surface area (Å²) < 4.78 is 11.4. The van der Waals surface area contributed by atoms with Gasteiger partial charge in [-0.25, -0.2) is 9.59 Å². The van der Waals surface area contributed by atoms with Gasteiger partial charge in [-0.1, -0.05) is 110 Å².